The Labute approximate surface area is 156 Å². The highest BCUT2D eigenvalue weighted by atomic mass is 16.5. The second-order valence-electron chi connectivity index (χ2n) is 7.07. The van der Waals surface area contributed by atoms with Crippen LogP contribution in [0, 0.1) is 0 Å². The van der Waals surface area contributed by atoms with Crippen LogP contribution in [-0.2, 0) is 24.2 Å². The number of nitrogens with one attached hydrogen (secondary N) is 2. The molecule has 3 heterocycles. The van der Waals surface area contributed by atoms with E-state index in [-0.39, 0.29) is 5.91 Å². The van der Waals surface area contributed by atoms with Gasteiger partial charge in [-0.05, 0) is 17.7 Å². The third-order valence-corrected chi connectivity index (χ3v) is 5.56. The van der Waals surface area contributed by atoms with Crippen LogP contribution in [-0.4, -0.2) is 34.4 Å². The Morgan fingerprint density at radius 2 is 2.00 bits per heavy atom. The van der Waals surface area contributed by atoms with E-state index in [0.717, 1.165) is 46.1 Å². The number of rotatable bonds is 3. The molecule has 2 aromatic heterocycles. The topological polar surface area (TPSA) is 61.1 Å². The first-order valence-corrected chi connectivity index (χ1v) is 9.24. The number of aromatic nitrogens is 2. The Balaban J connectivity index is 1.42. The molecular formula is C22H21N3O2. The lowest BCUT2D eigenvalue weighted by molar-refractivity contribution is -0.131. The van der Waals surface area contributed by atoms with E-state index >= 15 is 0 Å². The fourth-order valence-corrected chi connectivity index (χ4v) is 4.15. The Bertz CT molecular complexity index is 1160. The van der Waals surface area contributed by atoms with Crippen molar-refractivity contribution < 1.29 is 9.53 Å². The number of fused-ring (bicyclic) bond motifs is 4. The summed E-state index contributed by atoms with van der Waals surface area (Å²) in [5.74, 6) is 1.02. The average Bonchev–Trinajstić information content (AvgIpc) is 3.28. The van der Waals surface area contributed by atoms with Crippen LogP contribution in [0.2, 0.25) is 0 Å². The molecule has 1 aliphatic heterocycles. The number of para-hydroxylation sites is 2. The van der Waals surface area contributed by atoms with Gasteiger partial charge in [0.05, 0.1) is 19.0 Å². The molecule has 0 unspecified atom stereocenters. The number of hydrogen-bond acceptors (Lipinski definition) is 2. The molecule has 2 aromatic carbocycles. The number of H-pyrrole nitrogens is 2. The lowest BCUT2D eigenvalue weighted by Crippen LogP contribution is -2.36. The molecule has 0 aliphatic carbocycles. The molecule has 0 fully saturated rings. The summed E-state index contributed by atoms with van der Waals surface area (Å²) in [4.78, 5) is 21.7. The fourth-order valence-electron chi connectivity index (χ4n) is 4.15. The Morgan fingerprint density at radius 1 is 1.15 bits per heavy atom. The molecule has 0 saturated heterocycles. The van der Waals surface area contributed by atoms with Gasteiger partial charge in [-0.1, -0.05) is 30.3 Å². The maximum Gasteiger partial charge on any atom is 0.227 e. The highest BCUT2D eigenvalue weighted by Gasteiger charge is 2.25. The normalized spacial score (nSPS) is 13.9. The molecule has 0 spiro atoms. The first-order chi connectivity index (χ1) is 13.2. The van der Waals surface area contributed by atoms with Gasteiger partial charge in [0, 0.05) is 53.3 Å². The van der Waals surface area contributed by atoms with E-state index in [0.29, 0.717) is 13.0 Å². The Kier molecular flexibility index (Phi) is 3.67. The van der Waals surface area contributed by atoms with Crippen LogP contribution in [0.5, 0.6) is 5.75 Å². The quantitative estimate of drug-likeness (QED) is 0.585. The number of nitrogens with zero attached hydrogens (tertiary/aromatic N) is 1. The van der Waals surface area contributed by atoms with E-state index in [4.69, 9.17) is 4.74 Å². The van der Waals surface area contributed by atoms with Gasteiger partial charge in [-0.15, -0.1) is 0 Å². The summed E-state index contributed by atoms with van der Waals surface area (Å²) in [7, 11) is 1.69. The molecule has 0 radical (unpaired) electrons. The largest absolute Gasteiger partial charge is 0.495 e. The molecule has 0 saturated carbocycles. The van der Waals surface area contributed by atoms with Gasteiger partial charge < -0.3 is 19.6 Å². The van der Waals surface area contributed by atoms with Gasteiger partial charge >= 0.3 is 0 Å². The monoisotopic (exact) mass is 359 g/mol. The minimum absolute atomic E-state index is 0.169. The van der Waals surface area contributed by atoms with Crippen molar-refractivity contribution in [2.75, 3.05) is 13.7 Å². The number of aromatic amines is 2. The lowest BCUT2D eigenvalue weighted by Gasteiger charge is -2.27. The van der Waals surface area contributed by atoms with Gasteiger partial charge in [-0.2, -0.15) is 0 Å². The van der Waals surface area contributed by atoms with Gasteiger partial charge in [-0.3, -0.25) is 4.79 Å². The summed E-state index contributed by atoms with van der Waals surface area (Å²) in [6.45, 7) is 1.38. The van der Waals surface area contributed by atoms with Crippen LogP contribution in [0.1, 0.15) is 16.8 Å². The van der Waals surface area contributed by atoms with Gasteiger partial charge in [0.2, 0.25) is 5.91 Å². The molecule has 4 aromatic rings. The van der Waals surface area contributed by atoms with E-state index in [9.17, 15) is 4.79 Å². The van der Waals surface area contributed by atoms with Gasteiger partial charge in [0.15, 0.2) is 0 Å². The molecule has 2 N–H and O–H groups in total. The predicted molar refractivity (Wildman–Crippen MR) is 106 cm³/mol. The first-order valence-electron chi connectivity index (χ1n) is 9.24. The van der Waals surface area contributed by atoms with Crippen molar-refractivity contribution in [3.63, 3.8) is 0 Å². The van der Waals surface area contributed by atoms with Crippen molar-refractivity contribution in [3.05, 3.63) is 65.5 Å². The van der Waals surface area contributed by atoms with Crippen molar-refractivity contribution in [1.29, 1.82) is 0 Å². The Hall–Kier alpha value is -3.21. The summed E-state index contributed by atoms with van der Waals surface area (Å²) in [5.41, 5.74) is 5.58. The standard InChI is InChI=1S/C22H21N3O2/c1-27-20-8-4-6-16-17-13-25(10-9-19(17)24-22(16)20)21(26)11-14-12-23-18-7-3-2-5-15(14)18/h2-8,12,23-24H,9-11,13H2,1H3. The summed E-state index contributed by atoms with van der Waals surface area (Å²) >= 11 is 0. The molecule has 1 amide bonds. The van der Waals surface area contributed by atoms with Crippen LogP contribution in [0.4, 0.5) is 0 Å². The van der Waals surface area contributed by atoms with Crippen molar-refractivity contribution in [2.24, 2.45) is 0 Å². The van der Waals surface area contributed by atoms with E-state index in [1.807, 2.05) is 41.4 Å². The van der Waals surface area contributed by atoms with Gasteiger partial charge in [0.1, 0.15) is 5.75 Å². The molecular weight excluding hydrogens is 338 g/mol. The van der Waals surface area contributed by atoms with Crippen molar-refractivity contribution in [3.8, 4) is 5.75 Å². The molecule has 5 heteroatoms. The minimum Gasteiger partial charge on any atom is -0.495 e. The first kappa shape index (κ1) is 16.0. The van der Waals surface area contributed by atoms with Crippen molar-refractivity contribution >= 4 is 27.7 Å². The number of methoxy groups -OCH3 is 1. The molecule has 27 heavy (non-hydrogen) atoms. The molecule has 5 rings (SSSR count). The zero-order valence-corrected chi connectivity index (χ0v) is 15.2. The zero-order chi connectivity index (χ0) is 18.4. The zero-order valence-electron chi connectivity index (χ0n) is 15.2. The summed E-state index contributed by atoms with van der Waals surface area (Å²) in [5, 5.41) is 2.27. The van der Waals surface area contributed by atoms with Crippen LogP contribution in [0.15, 0.2) is 48.7 Å². The van der Waals surface area contributed by atoms with Crippen molar-refractivity contribution in [1.82, 2.24) is 14.9 Å². The maximum absolute atomic E-state index is 13.0. The molecule has 5 nitrogen and oxygen atoms in total. The van der Waals surface area contributed by atoms with Crippen LogP contribution < -0.4 is 4.74 Å². The number of carbonyl (C=O) groups excluding carboxylic acids is 1. The minimum atomic E-state index is 0.169. The molecule has 136 valence electrons. The SMILES string of the molecule is COc1cccc2c3c([nH]c12)CCN(C(=O)Cc1c[nH]c2ccccc12)C3. The number of amides is 1. The Morgan fingerprint density at radius 3 is 2.89 bits per heavy atom. The van der Waals surface area contributed by atoms with E-state index < -0.39 is 0 Å². The highest BCUT2D eigenvalue weighted by molar-refractivity contribution is 5.91. The maximum atomic E-state index is 13.0. The van der Waals surface area contributed by atoms with Gasteiger partial charge in [0.25, 0.3) is 0 Å². The smallest absolute Gasteiger partial charge is 0.227 e. The average molecular weight is 359 g/mol. The number of hydrogen-bond donors (Lipinski definition) is 2. The van der Waals surface area contributed by atoms with Crippen LogP contribution >= 0.6 is 0 Å². The second-order valence-corrected chi connectivity index (χ2v) is 7.07. The van der Waals surface area contributed by atoms with E-state index in [1.165, 1.54) is 11.3 Å². The number of ether oxygens (including phenoxy) is 1. The molecule has 0 atom stereocenters. The number of benzene rings is 2. The third-order valence-electron chi connectivity index (χ3n) is 5.56. The molecule has 1 aliphatic rings. The summed E-state index contributed by atoms with van der Waals surface area (Å²) in [6.07, 6.45) is 3.21. The van der Waals surface area contributed by atoms with Crippen LogP contribution in [0.3, 0.4) is 0 Å². The fraction of sp³-hybridized carbons (Fsp3) is 0.227. The van der Waals surface area contributed by atoms with E-state index in [1.54, 1.807) is 7.11 Å². The summed E-state index contributed by atoms with van der Waals surface area (Å²) < 4.78 is 5.48. The second kappa shape index (κ2) is 6.20. The predicted octanol–water partition coefficient (Wildman–Crippen LogP) is 3.79. The summed E-state index contributed by atoms with van der Waals surface area (Å²) in [6, 6.07) is 14.2. The van der Waals surface area contributed by atoms with Crippen LogP contribution in [0.25, 0.3) is 21.8 Å². The third kappa shape index (κ3) is 2.58. The number of carbonyl (C=O) groups is 1. The highest BCUT2D eigenvalue weighted by Crippen LogP contribution is 2.33. The lowest BCUT2D eigenvalue weighted by atomic mass is 10.0. The molecule has 0 bridgehead atoms. The van der Waals surface area contributed by atoms with E-state index in [2.05, 4.69) is 22.1 Å². The van der Waals surface area contributed by atoms with Crippen molar-refractivity contribution in [2.45, 2.75) is 19.4 Å². The van der Waals surface area contributed by atoms with Gasteiger partial charge in [-0.25, -0.2) is 0 Å².